The molecule has 0 fully saturated rings. The Labute approximate surface area is 158 Å². The van der Waals surface area contributed by atoms with Crippen molar-refractivity contribution < 1.29 is 9.59 Å². The van der Waals surface area contributed by atoms with Gasteiger partial charge in [-0.15, -0.1) is 11.8 Å². The van der Waals surface area contributed by atoms with Gasteiger partial charge >= 0.3 is 0 Å². The quantitative estimate of drug-likeness (QED) is 0.677. The van der Waals surface area contributed by atoms with Crippen molar-refractivity contribution in [3.8, 4) is 0 Å². The number of rotatable bonds is 6. The third kappa shape index (κ3) is 6.19. The average molecular weight is 428 g/mol. The van der Waals surface area contributed by atoms with Crippen molar-refractivity contribution in [2.24, 2.45) is 0 Å². The molecule has 2 aromatic carbocycles. The minimum atomic E-state index is -0.282. The maximum absolute atomic E-state index is 11.9. The number of amides is 2. The molecule has 2 N–H and O–H groups in total. The molecule has 0 aromatic heterocycles. The van der Waals surface area contributed by atoms with Gasteiger partial charge in [0, 0.05) is 20.1 Å². The molecule has 0 radical (unpaired) electrons. The highest BCUT2D eigenvalue weighted by molar-refractivity contribution is 9.10. The summed E-state index contributed by atoms with van der Waals surface area (Å²) in [7, 11) is 0. The highest BCUT2D eigenvalue weighted by Crippen LogP contribution is 2.25. The summed E-state index contributed by atoms with van der Waals surface area (Å²) in [6, 6.07) is 12.7. The van der Waals surface area contributed by atoms with E-state index in [0.717, 1.165) is 14.9 Å². The van der Waals surface area contributed by atoms with Crippen LogP contribution in [0.4, 0.5) is 5.69 Å². The van der Waals surface area contributed by atoms with Crippen LogP contribution in [-0.2, 0) is 9.59 Å². The second-order valence-electron chi connectivity index (χ2n) is 5.03. The molecule has 0 bridgehead atoms. The van der Waals surface area contributed by atoms with Crippen LogP contribution >= 0.6 is 39.3 Å². The van der Waals surface area contributed by atoms with Gasteiger partial charge in [-0.1, -0.05) is 27.5 Å². The monoisotopic (exact) mass is 426 g/mol. The van der Waals surface area contributed by atoms with Gasteiger partial charge in [0.05, 0.1) is 12.3 Å². The van der Waals surface area contributed by atoms with Gasteiger partial charge in [0.15, 0.2) is 0 Å². The van der Waals surface area contributed by atoms with Crippen LogP contribution in [0.2, 0.25) is 5.02 Å². The van der Waals surface area contributed by atoms with E-state index in [1.165, 1.54) is 11.8 Å². The first kappa shape index (κ1) is 18.8. The molecule has 7 heteroatoms. The number of thioether (sulfide) groups is 1. The molecule has 0 aliphatic rings. The molecule has 2 rings (SSSR count). The molecule has 0 spiro atoms. The van der Waals surface area contributed by atoms with Crippen LogP contribution in [0, 0.1) is 6.92 Å². The van der Waals surface area contributed by atoms with Gasteiger partial charge in [-0.2, -0.15) is 0 Å². The lowest BCUT2D eigenvalue weighted by atomic mass is 10.2. The van der Waals surface area contributed by atoms with Crippen molar-refractivity contribution in [3.05, 3.63) is 57.5 Å². The van der Waals surface area contributed by atoms with Crippen molar-refractivity contribution in [2.45, 2.75) is 11.8 Å². The number of carbonyl (C=O) groups is 2. The normalized spacial score (nSPS) is 10.3. The zero-order valence-electron chi connectivity index (χ0n) is 12.9. The van der Waals surface area contributed by atoms with E-state index in [0.29, 0.717) is 10.7 Å². The highest BCUT2D eigenvalue weighted by Gasteiger charge is 2.08. The zero-order valence-corrected chi connectivity index (χ0v) is 16.1. The second-order valence-corrected chi connectivity index (χ2v) is 7.40. The summed E-state index contributed by atoms with van der Waals surface area (Å²) in [6.45, 7) is 1.92. The summed E-state index contributed by atoms with van der Waals surface area (Å²) in [4.78, 5) is 24.7. The number of hydrogen-bond acceptors (Lipinski definition) is 3. The summed E-state index contributed by atoms with van der Waals surface area (Å²) < 4.78 is 1.01. The number of benzene rings is 2. The standard InChI is InChI=1S/C17H16BrClN2O2S/c1-11-8-12(18)2-7-15(11)24-10-17(23)20-9-16(22)21-14-5-3-13(19)4-6-14/h2-8H,9-10H2,1H3,(H,20,23)(H,21,22). The van der Waals surface area contributed by atoms with E-state index in [4.69, 9.17) is 11.6 Å². The molecule has 2 aromatic rings. The smallest absolute Gasteiger partial charge is 0.243 e. The summed E-state index contributed by atoms with van der Waals surface area (Å²) in [5, 5.41) is 5.90. The van der Waals surface area contributed by atoms with Gasteiger partial charge in [0.2, 0.25) is 11.8 Å². The zero-order chi connectivity index (χ0) is 17.5. The third-order valence-corrected chi connectivity index (χ3v) is 4.99. The summed E-state index contributed by atoms with van der Waals surface area (Å²) in [5.41, 5.74) is 1.74. The van der Waals surface area contributed by atoms with Gasteiger partial charge in [0.25, 0.3) is 0 Å². The van der Waals surface area contributed by atoms with Crippen LogP contribution in [0.1, 0.15) is 5.56 Å². The lowest BCUT2D eigenvalue weighted by molar-refractivity contribution is -0.122. The predicted molar refractivity (Wildman–Crippen MR) is 103 cm³/mol. The summed E-state index contributed by atoms with van der Waals surface area (Å²) in [6.07, 6.45) is 0. The molecule has 0 aliphatic heterocycles. The minimum Gasteiger partial charge on any atom is -0.346 e. The molecule has 0 saturated heterocycles. The van der Waals surface area contributed by atoms with Crippen molar-refractivity contribution in [2.75, 3.05) is 17.6 Å². The lowest BCUT2D eigenvalue weighted by Gasteiger charge is -2.08. The van der Waals surface area contributed by atoms with Crippen LogP contribution in [0.5, 0.6) is 0 Å². The van der Waals surface area contributed by atoms with E-state index in [2.05, 4.69) is 26.6 Å². The van der Waals surface area contributed by atoms with Crippen LogP contribution in [0.15, 0.2) is 51.8 Å². The SMILES string of the molecule is Cc1cc(Br)ccc1SCC(=O)NCC(=O)Nc1ccc(Cl)cc1. The summed E-state index contributed by atoms with van der Waals surface area (Å²) >= 11 is 10.6. The average Bonchev–Trinajstić information content (AvgIpc) is 2.54. The molecular formula is C17H16BrClN2O2S. The maximum Gasteiger partial charge on any atom is 0.243 e. The molecule has 0 unspecified atom stereocenters. The molecule has 4 nitrogen and oxygen atoms in total. The van der Waals surface area contributed by atoms with Gasteiger partial charge < -0.3 is 10.6 Å². The van der Waals surface area contributed by atoms with Gasteiger partial charge in [0.1, 0.15) is 0 Å². The molecule has 126 valence electrons. The van der Waals surface area contributed by atoms with E-state index >= 15 is 0 Å². The Bertz CT molecular complexity index is 738. The van der Waals surface area contributed by atoms with Crippen LogP contribution in [-0.4, -0.2) is 24.1 Å². The molecule has 24 heavy (non-hydrogen) atoms. The van der Waals surface area contributed by atoms with Crippen LogP contribution in [0.25, 0.3) is 0 Å². The predicted octanol–water partition coefficient (Wildman–Crippen LogP) is 4.26. The first-order valence-electron chi connectivity index (χ1n) is 7.15. The van der Waals surface area contributed by atoms with E-state index in [1.54, 1.807) is 24.3 Å². The Morgan fingerprint density at radius 3 is 2.50 bits per heavy atom. The topological polar surface area (TPSA) is 58.2 Å². The Morgan fingerprint density at radius 1 is 1.12 bits per heavy atom. The molecule has 0 aliphatic carbocycles. The number of aryl methyl sites for hydroxylation is 1. The number of carbonyl (C=O) groups excluding carboxylic acids is 2. The molecule has 2 amide bonds. The Hall–Kier alpha value is -1.50. The maximum atomic E-state index is 11.9. The van der Waals surface area contributed by atoms with Crippen molar-refractivity contribution in [1.29, 1.82) is 0 Å². The fourth-order valence-electron chi connectivity index (χ4n) is 1.89. The van der Waals surface area contributed by atoms with Crippen molar-refractivity contribution in [3.63, 3.8) is 0 Å². The summed E-state index contributed by atoms with van der Waals surface area (Å²) in [5.74, 6) is -0.208. The number of anilines is 1. The van der Waals surface area contributed by atoms with Gasteiger partial charge in [-0.3, -0.25) is 9.59 Å². The highest BCUT2D eigenvalue weighted by atomic mass is 79.9. The largest absolute Gasteiger partial charge is 0.346 e. The minimum absolute atomic E-state index is 0.0681. The molecule has 0 atom stereocenters. The van der Waals surface area contributed by atoms with Crippen molar-refractivity contribution in [1.82, 2.24) is 5.32 Å². The van der Waals surface area contributed by atoms with Crippen molar-refractivity contribution >= 4 is 56.8 Å². The lowest BCUT2D eigenvalue weighted by Crippen LogP contribution is -2.33. The van der Waals surface area contributed by atoms with E-state index < -0.39 is 0 Å². The van der Waals surface area contributed by atoms with E-state index in [9.17, 15) is 9.59 Å². The fourth-order valence-corrected chi connectivity index (χ4v) is 3.33. The Kier molecular flexibility index (Phi) is 7.15. The van der Waals surface area contributed by atoms with Crippen LogP contribution in [0.3, 0.4) is 0 Å². The molecular weight excluding hydrogens is 412 g/mol. The van der Waals surface area contributed by atoms with E-state index in [1.807, 2.05) is 25.1 Å². The molecule has 0 heterocycles. The number of nitrogens with one attached hydrogen (secondary N) is 2. The number of halogens is 2. The number of hydrogen-bond donors (Lipinski definition) is 2. The first-order chi connectivity index (χ1) is 11.4. The second kappa shape index (κ2) is 9.11. The fraction of sp³-hybridized carbons (Fsp3) is 0.176. The Balaban J connectivity index is 1.74. The van der Waals surface area contributed by atoms with Crippen LogP contribution < -0.4 is 10.6 Å². The molecule has 0 saturated carbocycles. The Morgan fingerprint density at radius 2 is 1.83 bits per heavy atom. The van der Waals surface area contributed by atoms with E-state index in [-0.39, 0.29) is 24.1 Å². The third-order valence-electron chi connectivity index (χ3n) is 3.07. The first-order valence-corrected chi connectivity index (χ1v) is 9.31. The van der Waals surface area contributed by atoms with Gasteiger partial charge in [-0.05, 0) is 55.0 Å². The van der Waals surface area contributed by atoms with Gasteiger partial charge in [-0.25, -0.2) is 0 Å².